The highest BCUT2D eigenvalue weighted by molar-refractivity contribution is 6.25. The lowest BCUT2D eigenvalue weighted by atomic mass is 9.94. The number of hydrogen-bond acceptors (Lipinski definition) is 6. The van der Waals surface area contributed by atoms with Gasteiger partial charge in [0.1, 0.15) is 0 Å². The minimum Gasteiger partial charge on any atom is -0.394 e. The number of imide groups is 1. The molecule has 7 heteroatoms. The molecule has 4 N–H and O–H groups in total. The number of amides is 2. The second-order valence-electron chi connectivity index (χ2n) is 9.46. The molecule has 1 heterocycles. The van der Waals surface area contributed by atoms with Crippen LogP contribution < -0.4 is 11.1 Å². The first-order valence-electron chi connectivity index (χ1n) is 12.7. The van der Waals surface area contributed by atoms with E-state index in [4.69, 9.17) is 10.8 Å². The number of anilines is 1. The van der Waals surface area contributed by atoms with Crippen molar-refractivity contribution in [2.75, 3.05) is 25.0 Å². The van der Waals surface area contributed by atoms with Crippen LogP contribution in [0.15, 0.2) is 84.9 Å². The summed E-state index contributed by atoms with van der Waals surface area (Å²) in [6, 6.07) is 26.0. The lowest BCUT2D eigenvalue weighted by Crippen LogP contribution is -2.41. The molecule has 2 amide bonds. The highest BCUT2D eigenvalue weighted by atomic mass is 16.3. The summed E-state index contributed by atoms with van der Waals surface area (Å²) in [5.74, 6) is -0.669. The van der Waals surface area contributed by atoms with Crippen molar-refractivity contribution < 1.29 is 19.5 Å². The number of nitrogens with two attached hydrogens (primary N) is 1. The van der Waals surface area contributed by atoms with Crippen LogP contribution in [0, 0.1) is 0 Å². The number of carbonyl (C=O) groups is 3. The van der Waals surface area contributed by atoms with Crippen molar-refractivity contribution in [2.45, 2.75) is 18.9 Å². The lowest BCUT2D eigenvalue weighted by molar-refractivity contribution is -0.120. The van der Waals surface area contributed by atoms with Crippen LogP contribution in [0.25, 0.3) is 21.9 Å². The predicted octanol–water partition coefficient (Wildman–Crippen LogP) is 4.04. The summed E-state index contributed by atoms with van der Waals surface area (Å²) < 4.78 is 0. The molecule has 1 unspecified atom stereocenters. The van der Waals surface area contributed by atoms with E-state index in [1.807, 2.05) is 72.8 Å². The van der Waals surface area contributed by atoms with Crippen LogP contribution >= 0.6 is 0 Å². The standard InChI is InChI=1S/C31H29N3O4/c32-27(19-35)28(36)18-20-8-10-21(11-9-20)22-12-14-24(15-13-22)33-16-3-17-34-30(37)25-6-1-4-23-5-2-7-26(29(23)25)31(34)38/h1-2,4-15,27,33,35H,3,16-19,32H2. The number of rotatable bonds is 10. The SMILES string of the molecule is NC(CO)C(=O)Cc1ccc(-c2ccc(NCCCN3C(=O)c4cccc5cccc(c45)C3=O)cc2)cc1. The van der Waals surface area contributed by atoms with Crippen molar-refractivity contribution in [3.63, 3.8) is 0 Å². The number of Topliss-reactive ketones (excluding diaryl/α,β-unsaturated/α-hetero) is 1. The summed E-state index contributed by atoms with van der Waals surface area (Å²) in [6.45, 7) is 0.601. The molecule has 1 aliphatic rings. The third-order valence-electron chi connectivity index (χ3n) is 6.90. The minimum absolute atomic E-state index is 0.188. The zero-order valence-corrected chi connectivity index (χ0v) is 20.9. The Morgan fingerprint density at radius 2 is 1.42 bits per heavy atom. The maximum Gasteiger partial charge on any atom is 0.261 e. The van der Waals surface area contributed by atoms with Crippen molar-refractivity contribution in [1.29, 1.82) is 0 Å². The van der Waals surface area contributed by atoms with Gasteiger partial charge in [0.15, 0.2) is 5.78 Å². The summed E-state index contributed by atoms with van der Waals surface area (Å²) in [6.07, 6.45) is 0.819. The van der Waals surface area contributed by atoms with E-state index in [-0.39, 0.29) is 30.6 Å². The molecule has 4 aromatic rings. The Kier molecular flexibility index (Phi) is 7.31. The summed E-state index contributed by atoms with van der Waals surface area (Å²) in [5.41, 5.74) is 10.6. The molecule has 0 saturated heterocycles. The Bertz CT molecular complexity index is 1450. The lowest BCUT2D eigenvalue weighted by Gasteiger charge is -2.27. The molecule has 0 aromatic heterocycles. The van der Waals surface area contributed by atoms with Crippen LogP contribution in [-0.2, 0) is 11.2 Å². The summed E-state index contributed by atoms with van der Waals surface area (Å²) in [5, 5.41) is 14.0. The summed E-state index contributed by atoms with van der Waals surface area (Å²) in [4.78, 5) is 39.3. The van der Waals surface area contributed by atoms with Gasteiger partial charge in [0.2, 0.25) is 0 Å². The molecule has 38 heavy (non-hydrogen) atoms. The molecule has 0 aliphatic carbocycles. The predicted molar refractivity (Wildman–Crippen MR) is 148 cm³/mol. The largest absolute Gasteiger partial charge is 0.394 e. The molecule has 4 aromatic carbocycles. The van der Waals surface area contributed by atoms with Crippen molar-refractivity contribution in [1.82, 2.24) is 4.90 Å². The van der Waals surface area contributed by atoms with Gasteiger partial charge in [-0.25, -0.2) is 0 Å². The molecule has 1 atom stereocenters. The third kappa shape index (κ3) is 5.07. The first kappa shape index (κ1) is 25.3. The molecular formula is C31H29N3O4. The number of benzene rings is 4. The molecule has 0 radical (unpaired) electrons. The van der Waals surface area contributed by atoms with Crippen molar-refractivity contribution >= 4 is 34.1 Å². The van der Waals surface area contributed by atoms with Crippen LogP contribution in [-0.4, -0.2) is 53.3 Å². The van der Waals surface area contributed by atoms with Crippen molar-refractivity contribution in [2.24, 2.45) is 5.73 Å². The van der Waals surface area contributed by atoms with Gasteiger partial charge in [-0.15, -0.1) is 0 Å². The number of aliphatic hydroxyl groups is 1. The average Bonchev–Trinajstić information content (AvgIpc) is 2.95. The molecule has 0 spiro atoms. The first-order chi connectivity index (χ1) is 18.5. The number of nitrogens with one attached hydrogen (secondary N) is 1. The van der Waals surface area contributed by atoms with Gasteiger partial charge in [-0.3, -0.25) is 19.3 Å². The summed E-state index contributed by atoms with van der Waals surface area (Å²) in [7, 11) is 0. The molecule has 0 bridgehead atoms. The molecule has 7 nitrogen and oxygen atoms in total. The van der Waals surface area contributed by atoms with E-state index >= 15 is 0 Å². The first-order valence-corrected chi connectivity index (χ1v) is 12.7. The van der Waals surface area contributed by atoms with Crippen LogP contribution in [0.2, 0.25) is 0 Å². The summed E-state index contributed by atoms with van der Waals surface area (Å²) >= 11 is 0. The molecule has 0 fully saturated rings. The van der Waals surface area contributed by atoms with Gasteiger partial charge in [-0.1, -0.05) is 60.7 Å². The van der Waals surface area contributed by atoms with E-state index in [2.05, 4.69) is 5.32 Å². The van der Waals surface area contributed by atoms with E-state index in [1.54, 1.807) is 12.1 Å². The second-order valence-corrected chi connectivity index (χ2v) is 9.46. The van der Waals surface area contributed by atoms with Gasteiger partial charge in [0.25, 0.3) is 11.8 Å². The Labute approximate surface area is 220 Å². The number of carbonyl (C=O) groups excluding carboxylic acids is 3. The van der Waals surface area contributed by atoms with Gasteiger partial charge in [0.05, 0.1) is 12.6 Å². The molecular weight excluding hydrogens is 478 g/mol. The van der Waals surface area contributed by atoms with Crippen molar-refractivity contribution in [3.8, 4) is 11.1 Å². The van der Waals surface area contributed by atoms with Gasteiger partial charge in [-0.2, -0.15) is 0 Å². The molecule has 5 rings (SSSR count). The van der Waals surface area contributed by atoms with Crippen molar-refractivity contribution in [3.05, 3.63) is 102 Å². The molecule has 0 saturated carbocycles. The van der Waals surface area contributed by atoms with E-state index in [0.29, 0.717) is 30.6 Å². The number of aliphatic hydroxyl groups excluding tert-OH is 1. The quantitative estimate of drug-likeness (QED) is 0.221. The van der Waals surface area contributed by atoms with Gasteiger partial charge < -0.3 is 16.2 Å². The van der Waals surface area contributed by atoms with E-state index in [9.17, 15) is 14.4 Å². The second kappa shape index (κ2) is 11.0. The number of hydrogen-bond donors (Lipinski definition) is 3. The fraction of sp³-hybridized carbons (Fsp3) is 0.194. The monoisotopic (exact) mass is 507 g/mol. The van der Waals surface area contributed by atoms with E-state index in [1.165, 1.54) is 4.90 Å². The van der Waals surface area contributed by atoms with Crippen LogP contribution in [0.5, 0.6) is 0 Å². The smallest absolute Gasteiger partial charge is 0.261 e. The zero-order chi connectivity index (χ0) is 26.6. The van der Waals surface area contributed by atoms with Gasteiger partial charge >= 0.3 is 0 Å². The maximum atomic E-state index is 13.0. The normalized spacial score (nSPS) is 13.6. The number of nitrogens with zero attached hydrogens (tertiary/aromatic N) is 1. The Morgan fingerprint density at radius 1 is 0.842 bits per heavy atom. The van der Waals surface area contributed by atoms with Crippen LogP contribution in [0.3, 0.4) is 0 Å². The van der Waals surface area contributed by atoms with E-state index in [0.717, 1.165) is 33.2 Å². The topological polar surface area (TPSA) is 113 Å². The van der Waals surface area contributed by atoms with Crippen LogP contribution in [0.1, 0.15) is 32.7 Å². The van der Waals surface area contributed by atoms with Gasteiger partial charge in [0, 0.05) is 41.7 Å². The fourth-order valence-electron chi connectivity index (χ4n) is 4.78. The Morgan fingerprint density at radius 3 is 2.00 bits per heavy atom. The number of ketones is 1. The molecule has 192 valence electrons. The Balaban J connectivity index is 1.15. The third-order valence-corrected chi connectivity index (χ3v) is 6.90. The Hall–Kier alpha value is -4.33. The fourth-order valence-corrected chi connectivity index (χ4v) is 4.78. The average molecular weight is 508 g/mol. The van der Waals surface area contributed by atoms with Crippen LogP contribution in [0.4, 0.5) is 5.69 Å². The van der Waals surface area contributed by atoms with E-state index < -0.39 is 6.04 Å². The molecule has 1 aliphatic heterocycles. The zero-order valence-electron chi connectivity index (χ0n) is 20.9. The maximum absolute atomic E-state index is 13.0. The minimum atomic E-state index is -0.845. The highest BCUT2D eigenvalue weighted by Gasteiger charge is 2.32. The highest BCUT2D eigenvalue weighted by Crippen LogP contribution is 2.30. The van der Waals surface area contributed by atoms with Gasteiger partial charge in [-0.05, 0) is 52.8 Å².